The van der Waals surface area contributed by atoms with Crippen molar-refractivity contribution >= 4 is 74.6 Å². The first kappa shape index (κ1) is 28.1. The zero-order chi connectivity index (χ0) is 33.1. The van der Waals surface area contributed by atoms with E-state index in [1.165, 1.54) is 108 Å². The fourth-order valence-electron chi connectivity index (χ4n) is 9.07. The molecule has 9 aromatic carbocycles. The molecule has 0 unspecified atom stereocenters. The highest BCUT2D eigenvalue weighted by Crippen LogP contribution is 2.55. The molecule has 0 bridgehead atoms. The highest BCUT2D eigenvalue weighted by molar-refractivity contribution is 7.26. The van der Waals surface area contributed by atoms with Gasteiger partial charge in [-0.2, -0.15) is 0 Å². The second kappa shape index (κ2) is 10.1. The second-order valence-corrected chi connectivity index (χ2v) is 15.5. The number of benzene rings is 9. The van der Waals surface area contributed by atoms with Crippen LogP contribution in [0.1, 0.15) is 25.0 Å². The molecule has 1 aromatic heterocycles. The van der Waals surface area contributed by atoms with Crippen molar-refractivity contribution < 1.29 is 0 Å². The third-order valence-corrected chi connectivity index (χ3v) is 12.6. The van der Waals surface area contributed by atoms with Crippen LogP contribution in [0.3, 0.4) is 0 Å². The van der Waals surface area contributed by atoms with Crippen molar-refractivity contribution in [3.05, 3.63) is 169 Å². The van der Waals surface area contributed by atoms with Gasteiger partial charge in [-0.25, -0.2) is 0 Å². The minimum atomic E-state index is -0.135. The molecule has 0 N–H and O–H groups in total. The fraction of sp³-hybridized carbons (Fsp3) is 0.0612. The van der Waals surface area contributed by atoms with E-state index in [4.69, 9.17) is 0 Å². The van der Waals surface area contributed by atoms with E-state index in [1.807, 2.05) is 11.3 Å². The third kappa shape index (κ3) is 3.76. The molecule has 1 heterocycles. The Kier molecular flexibility index (Phi) is 5.70. The molecule has 0 atom stereocenters. The van der Waals surface area contributed by atoms with Crippen LogP contribution >= 0.6 is 11.3 Å². The lowest BCUT2D eigenvalue weighted by Gasteiger charge is -2.23. The van der Waals surface area contributed by atoms with Crippen LogP contribution in [0.15, 0.2) is 158 Å². The quantitative estimate of drug-likeness (QED) is 0.163. The van der Waals surface area contributed by atoms with Gasteiger partial charge in [-0.05, 0) is 100 Å². The van der Waals surface area contributed by atoms with E-state index in [2.05, 4.69) is 172 Å². The summed E-state index contributed by atoms with van der Waals surface area (Å²) in [6, 6.07) is 59.2. The van der Waals surface area contributed by atoms with Gasteiger partial charge < -0.3 is 0 Å². The van der Waals surface area contributed by atoms with E-state index < -0.39 is 0 Å². The molecule has 50 heavy (non-hydrogen) atoms. The minimum Gasteiger partial charge on any atom is -0.135 e. The van der Waals surface area contributed by atoms with Crippen molar-refractivity contribution in [1.29, 1.82) is 0 Å². The molecule has 0 nitrogen and oxygen atoms in total. The maximum atomic E-state index is 2.51. The Morgan fingerprint density at radius 3 is 1.68 bits per heavy atom. The highest BCUT2D eigenvalue weighted by Gasteiger charge is 2.37. The third-order valence-electron chi connectivity index (χ3n) is 11.4. The van der Waals surface area contributed by atoms with E-state index in [-0.39, 0.29) is 5.41 Å². The van der Waals surface area contributed by atoms with Crippen LogP contribution in [0.2, 0.25) is 0 Å². The highest BCUT2D eigenvalue weighted by atomic mass is 32.1. The van der Waals surface area contributed by atoms with E-state index in [0.29, 0.717) is 0 Å². The van der Waals surface area contributed by atoms with Crippen LogP contribution in [-0.4, -0.2) is 0 Å². The largest absolute Gasteiger partial charge is 0.135 e. The second-order valence-electron chi connectivity index (χ2n) is 14.4. The summed E-state index contributed by atoms with van der Waals surface area (Å²) in [5, 5.41) is 13.1. The normalized spacial score (nSPS) is 13.6. The molecule has 1 aliphatic carbocycles. The van der Waals surface area contributed by atoms with E-state index in [0.717, 1.165) is 0 Å². The molecule has 10 aromatic rings. The molecule has 0 saturated carbocycles. The van der Waals surface area contributed by atoms with Gasteiger partial charge in [0, 0.05) is 31.0 Å². The van der Waals surface area contributed by atoms with Crippen molar-refractivity contribution in [2.45, 2.75) is 19.3 Å². The van der Waals surface area contributed by atoms with Crippen molar-refractivity contribution in [1.82, 2.24) is 0 Å². The van der Waals surface area contributed by atoms with Gasteiger partial charge in [0.15, 0.2) is 0 Å². The Morgan fingerprint density at radius 1 is 0.400 bits per heavy atom. The zero-order valence-corrected chi connectivity index (χ0v) is 28.7. The Labute approximate surface area is 294 Å². The lowest BCUT2D eigenvalue weighted by atomic mass is 9.80. The summed E-state index contributed by atoms with van der Waals surface area (Å²) in [7, 11) is 0. The standard InChI is InChI=1S/C49H32S/c1-49(2)41-26-23-30-21-24-39-34-13-9-10-18-43(34)50-48(39)46(30)47(41)40-25-22-33(28-42(40)49)45-37-16-7-5-14-35(37)44(36-15-6-8-17-38(36)45)32-20-19-29-11-3-4-12-31(29)27-32/h3-28H,1-2H3. The SMILES string of the molecule is CC1(C)c2cc(-c3c4ccccc4c(-c4ccc5ccccc5c4)c4ccccc34)ccc2-c2c1ccc1ccc3c4ccccc4sc3c21. The van der Waals surface area contributed by atoms with Crippen LogP contribution < -0.4 is 0 Å². The van der Waals surface area contributed by atoms with Crippen molar-refractivity contribution in [2.24, 2.45) is 0 Å². The van der Waals surface area contributed by atoms with Gasteiger partial charge in [-0.3, -0.25) is 0 Å². The summed E-state index contributed by atoms with van der Waals surface area (Å²) < 4.78 is 2.75. The molecular weight excluding hydrogens is 621 g/mol. The molecule has 11 rings (SSSR count). The summed E-state index contributed by atoms with van der Waals surface area (Å²) in [6.45, 7) is 4.83. The van der Waals surface area contributed by atoms with Gasteiger partial charge in [0.1, 0.15) is 0 Å². The van der Waals surface area contributed by atoms with Crippen LogP contribution in [0.4, 0.5) is 0 Å². The Hall–Kier alpha value is -5.76. The van der Waals surface area contributed by atoms with Crippen molar-refractivity contribution in [3.63, 3.8) is 0 Å². The zero-order valence-electron chi connectivity index (χ0n) is 27.9. The maximum Gasteiger partial charge on any atom is 0.0440 e. The Morgan fingerprint density at radius 2 is 0.960 bits per heavy atom. The monoisotopic (exact) mass is 652 g/mol. The average molecular weight is 653 g/mol. The molecule has 1 heteroatoms. The van der Waals surface area contributed by atoms with Gasteiger partial charge in [0.05, 0.1) is 0 Å². The van der Waals surface area contributed by atoms with E-state index in [1.54, 1.807) is 0 Å². The van der Waals surface area contributed by atoms with Crippen molar-refractivity contribution in [3.8, 4) is 33.4 Å². The van der Waals surface area contributed by atoms with Gasteiger partial charge in [0.2, 0.25) is 0 Å². The van der Waals surface area contributed by atoms with Gasteiger partial charge in [0.25, 0.3) is 0 Å². The molecule has 0 radical (unpaired) electrons. The topological polar surface area (TPSA) is 0 Å². The first-order chi connectivity index (χ1) is 24.6. The predicted molar refractivity (Wildman–Crippen MR) is 218 cm³/mol. The van der Waals surface area contributed by atoms with Gasteiger partial charge >= 0.3 is 0 Å². The van der Waals surface area contributed by atoms with Crippen molar-refractivity contribution in [2.75, 3.05) is 0 Å². The summed E-state index contributed by atoms with van der Waals surface area (Å²) in [5.74, 6) is 0. The van der Waals surface area contributed by atoms with Gasteiger partial charge in [-0.1, -0.05) is 153 Å². The van der Waals surface area contributed by atoms with Crippen LogP contribution in [0.25, 0.3) is 96.6 Å². The molecule has 0 saturated heterocycles. The molecule has 0 fully saturated rings. The molecule has 1 aliphatic rings. The average Bonchev–Trinajstić information content (AvgIpc) is 3.65. The summed E-state index contributed by atoms with van der Waals surface area (Å²) in [4.78, 5) is 0. The predicted octanol–water partition coefficient (Wildman–Crippen LogP) is 14.3. The van der Waals surface area contributed by atoms with Gasteiger partial charge in [-0.15, -0.1) is 11.3 Å². The van der Waals surface area contributed by atoms with E-state index in [9.17, 15) is 0 Å². The first-order valence-electron chi connectivity index (χ1n) is 17.5. The smallest absolute Gasteiger partial charge is 0.0440 e. The molecule has 0 spiro atoms. The number of hydrogen-bond donors (Lipinski definition) is 0. The maximum absolute atomic E-state index is 2.51. The first-order valence-corrected chi connectivity index (χ1v) is 18.3. The summed E-state index contributed by atoms with van der Waals surface area (Å²) in [5.41, 5.74) is 10.6. The van der Waals surface area contributed by atoms with Crippen LogP contribution in [0, 0.1) is 0 Å². The molecule has 0 amide bonds. The lowest BCUT2D eigenvalue weighted by Crippen LogP contribution is -2.15. The Balaban J connectivity index is 1.18. The number of thiophene rings is 1. The fourth-order valence-corrected chi connectivity index (χ4v) is 10.3. The number of hydrogen-bond acceptors (Lipinski definition) is 1. The molecule has 0 aliphatic heterocycles. The Bertz CT molecular complexity index is 3010. The minimum absolute atomic E-state index is 0.135. The summed E-state index contributed by atoms with van der Waals surface area (Å²) >= 11 is 1.93. The van der Waals surface area contributed by atoms with Crippen LogP contribution in [-0.2, 0) is 5.41 Å². The van der Waals surface area contributed by atoms with Crippen LogP contribution in [0.5, 0.6) is 0 Å². The molecule has 234 valence electrons. The van der Waals surface area contributed by atoms with E-state index >= 15 is 0 Å². The molecular formula is C49H32S. The number of fused-ring (bicyclic) bond motifs is 12. The lowest BCUT2D eigenvalue weighted by molar-refractivity contribution is 0.661. The summed E-state index contributed by atoms with van der Waals surface area (Å²) in [6.07, 6.45) is 0. The number of rotatable bonds is 2.